The molecule has 0 spiro atoms. The topological polar surface area (TPSA) is 105 Å². The van der Waals surface area contributed by atoms with Gasteiger partial charge >= 0.3 is 11.9 Å². The van der Waals surface area contributed by atoms with E-state index < -0.39 is 29.7 Å². The van der Waals surface area contributed by atoms with E-state index in [1.165, 1.54) is 7.11 Å². The number of hydrogen-bond acceptors (Lipinski definition) is 7. The van der Waals surface area contributed by atoms with Crippen LogP contribution in [0.1, 0.15) is 18.4 Å². The molecule has 0 bridgehead atoms. The number of nitriles is 1. The predicted molar refractivity (Wildman–Crippen MR) is 99.6 cm³/mol. The van der Waals surface area contributed by atoms with Crippen molar-refractivity contribution in [2.45, 2.75) is 12.8 Å². The van der Waals surface area contributed by atoms with Gasteiger partial charge < -0.3 is 14.8 Å². The van der Waals surface area contributed by atoms with E-state index in [-0.39, 0.29) is 23.0 Å². The van der Waals surface area contributed by atoms with Gasteiger partial charge in [-0.2, -0.15) is 5.26 Å². The molecule has 142 valence electrons. The predicted octanol–water partition coefficient (Wildman–Crippen LogP) is 2.37. The first kappa shape index (κ1) is 20.8. The highest BCUT2D eigenvalue weighted by molar-refractivity contribution is 8.03. The molecule has 1 amide bonds. The lowest BCUT2D eigenvalue weighted by atomic mass is 9.78. The van der Waals surface area contributed by atoms with Crippen molar-refractivity contribution in [1.82, 2.24) is 5.32 Å². The van der Waals surface area contributed by atoms with Crippen LogP contribution in [0.15, 0.2) is 34.9 Å². The van der Waals surface area contributed by atoms with Gasteiger partial charge in [-0.1, -0.05) is 41.6 Å². The second-order valence-electron chi connectivity index (χ2n) is 5.44. The Kier molecular flexibility index (Phi) is 7.28. The van der Waals surface area contributed by atoms with Gasteiger partial charge in [0.1, 0.15) is 5.92 Å². The van der Waals surface area contributed by atoms with Gasteiger partial charge in [-0.05, 0) is 18.6 Å². The molecule has 0 unspecified atom stereocenters. The molecule has 27 heavy (non-hydrogen) atoms. The Morgan fingerprint density at radius 1 is 1.37 bits per heavy atom. The molecule has 0 aliphatic carbocycles. The molecule has 0 saturated carbocycles. The van der Waals surface area contributed by atoms with Crippen molar-refractivity contribution in [3.8, 4) is 6.07 Å². The summed E-state index contributed by atoms with van der Waals surface area (Å²) in [7, 11) is 1.17. The summed E-state index contributed by atoms with van der Waals surface area (Å²) < 4.78 is 9.62. The second-order valence-corrected chi connectivity index (χ2v) is 6.83. The van der Waals surface area contributed by atoms with Crippen LogP contribution in [0, 0.1) is 17.2 Å². The molecule has 1 aliphatic heterocycles. The minimum atomic E-state index is -1.27. The normalized spacial score (nSPS) is 19.1. The van der Waals surface area contributed by atoms with Gasteiger partial charge in [-0.25, -0.2) is 0 Å². The first-order valence-corrected chi connectivity index (χ1v) is 9.36. The fourth-order valence-electron chi connectivity index (χ4n) is 2.72. The summed E-state index contributed by atoms with van der Waals surface area (Å²) in [5.41, 5.74) is 0.586. The summed E-state index contributed by atoms with van der Waals surface area (Å²) in [5.74, 6) is -4.17. The smallest absolute Gasteiger partial charge is 0.319 e. The highest BCUT2D eigenvalue weighted by Crippen LogP contribution is 2.42. The molecule has 0 saturated heterocycles. The zero-order chi connectivity index (χ0) is 20.0. The Bertz CT molecular complexity index is 833. The lowest BCUT2D eigenvalue weighted by Crippen LogP contribution is -2.44. The number of amides is 1. The fourth-order valence-corrected chi connectivity index (χ4v) is 3.82. The van der Waals surface area contributed by atoms with E-state index in [9.17, 15) is 19.6 Å². The van der Waals surface area contributed by atoms with Gasteiger partial charge in [0.25, 0.3) is 0 Å². The first-order valence-electron chi connectivity index (χ1n) is 8.00. The van der Waals surface area contributed by atoms with Crippen LogP contribution >= 0.6 is 23.4 Å². The van der Waals surface area contributed by atoms with Crippen molar-refractivity contribution in [3.63, 3.8) is 0 Å². The fraction of sp³-hybridized carbons (Fsp3) is 0.333. The van der Waals surface area contributed by atoms with Crippen LogP contribution in [-0.2, 0) is 23.9 Å². The van der Waals surface area contributed by atoms with Crippen LogP contribution in [-0.4, -0.2) is 37.3 Å². The van der Waals surface area contributed by atoms with Crippen LogP contribution in [0.2, 0.25) is 5.02 Å². The number of benzene rings is 1. The zero-order valence-electron chi connectivity index (χ0n) is 14.7. The standard InChI is InChI=1S/C18H17ClN2O5S/c1-3-26-13(22)9-27-17-11(8-20)14(10-6-4-5-7-12(10)19)15(16(23)21-17)18(24)25-2/h4-7,14-15H,3,9H2,1-2H3,(H,21,23)/t14-,15+/m1/s1. The third-order valence-corrected chi connectivity index (χ3v) is 5.20. The number of nitrogens with zero attached hydrogens (tertiary/aromatic N) is 1. The highest BCUT2D eigenvalue weighted by atomic mass is 35.5. The number of rotatable bonds is 6. The van der Waals surface area contributed by atoms with Crippen LogP contribution in [0.4, 0.5) is 0 Å². The Morgan fingerprint density at radius 2 is 2.07 bits per heavy atom. The lowest BCUT2D eigenvalue weighted by Gasteiger charge is -2.31. The van der Waals surface area contributed by atoms with Crippen molar-refractivity contribution in [3.05, 3.63) is 45.5 Å². The van der Waals surface area contributed by atoms with E-state index in [2.05, 4.69) is 5.32 Å². The zero-order valence-corrected chi connectivity index (χ0v) is 16.2. The largest absolute Gasteiger partial charge is 0.468 e. The number of thioether (sulfide) groups is 1. The van der Waals surface area contributed by atoms with E-state index in [0.29, 0.717) is 10.6 Å². The van der Waals surface area contributed by atoms with Crippen molar-refractivity contribution < 1.29 is 23.9 Å². The van der Waals surface area contributed by atoms with Crippen LogP contribution in [0.3, 0.4) is 0 Å². The van der Waals surface area contributed by atoms with Crippen molar-refractivity contribution in [1.29, 1.82) is 5.26 Å². The van der Waals surface area contributed by atoms with Crippen LogP contribution in [0.5, 0.6) is 0 Å². The van der Waals surface area contributed by atoms with E-state index >= 15 is 0 Å². The maximum atomic E-state index is 12.6. The Balaban J connectivity index is 2.52. The molecule has 0 fully saturated rings. The molecule has 2 atom stereocenters. The SMILES string of the molecule is CCOC(=O)CSC1=C(C#N)[C@@H](c2ccccc2Cl)[C@H](C(=O)OC)C(=O)N1. The Labute approximate surface area is 165 Å². The average Bonchev–Trinajstić information content (AvgIpc) is 2.66. The molecule has 0 radical (unpaired) electrons. The van der Waals surface area contributed by atoms with Gasteiger partial charge in [0.05, 0.1) is 36.1 Å². The molecule has 1 heterocycles. The van der Waals surface area contributed by atoms with E-state index in [1.54, 1.807) is 31.2 Å². The number of allylic oxidation sites excluding steroid dienone is 1. The molecular formula is C18H17ClN2O5S. The van der Waals surface area contributed by atoms with E-state index in [4.69, 9.17) is 21.1 Å². The molecule has 9 heteroatoms. The van der Waals surface area contributed by atoms with Gasteiger partial charge in [0, 0.05) is 10.9 Å². The molecule has 1 aromatic carbocycles. The monoisotopic (exact) mass is 408 g/mol. The van der Waals surface area contributed by atoms with Crippen LogP contribution in [0.25, 0.3) is 0 Å². The number of halogens is 1. The maximum absolute atomic E-state index is 12.6. The number of methoxy groups -OCH3 is 1. The van der Waals surface area contributed by atoms with Crippen molar-refractivity contribution in [2.75, 3.05) is 19.5 Å². The summed E-state index contributed by atoms with van der Waals surface area (Å²) in [6.07, 6.45) is 0. The Morgan fingerprint density at radius 3 is 2.67 bits per heavy atom. The summed E-state index contributed by atoms with van der Waals surface area (Å²) >= 11 is 7.22. The minimum Gasteiger partial charge on any atom is -0.468 e. The third kappa shape index (κ3) is 4.62. The van der Waals surface area contributed by atoms with Crippen LogP contribution < -0.4 is 5.32 Å². The molecule has 0 aromatic heterocycles. The van der Waals surface area contributed by atoms with Crippen molar-refractivity contribution in [2.24, 2.45) is 5.92 Å². The second kappa shape index (κ2) is 9.44. The summed E-state index contributed by atoms with van der Waals surface area (Å²) in [5, 5.41) is 12.8. The number of carbonyl (C=O) groups is 3. The lowest BCUT2D eigenvalue weighted by molar-refractivity contribution is -0.150. The molecule has 2 rings (SSSR count). The number of esters is 2. The quantitative estimate of drug-likeness (QED) is 0.569. The summed E-state index contributed by atoms with van der Waals surface area (Å²) in [4.78, 5) is 36.5. The number of carbonyl (C=O) groups excluding carboxylic acids is 3. The Hall–Kier alpha value is -2.50. The first-order chi connectivity index (χ1) is 12.9. The highest BCUT2D eigenvalue weighted by Gasteiger charge is 2.45. The number of ether oxygens (including phenoxy) is 2. The van der Waals surface area contributed by atoms with Gasteiger partial charge in [-0.3, -0.25) is 14.4 Å². The number of nitrogens with one attached hydrogen (secondary N) is 1. The molecule has 7 nitrogen and oxygen atoms in total. The molecule has 1 N–H and O–H groups in total. The third-order valence-electron chi connectivity index (χ3n) is 3.86. The molecule has 1 aromatic rings. The summed E-state index contributed by atoms with van der Waals surface area (Å²) in [6.45, 7) is 1.90. The van der Waals surface area contributed by atoms with Gasteiger partial charge in [0.15, 0.2) is 0 Å². The summed E-state index contributed by atoms with van der Waals surface area (Å²) in [6, 6.07) is 8.69. The van der Waals surface area contributed by atoms with Gasteiger partial charge in [-0.15, -0.1) is 0 Å². The maximum Gasteiger partial charge on any atom is 0.319 e. The molecule has 1 aliphatic rings. The average molecular weight is 409 g/mol. The number of hydrogen-bond donors (Lipinski definition) is 1. The van der Waals surface area contributed by atoms with Crippen molar-refractivity contribution >= 4 is 41.2 Å². The van der Waals surface area contributed by atoms with Gasteiger partial charge in [0.2, 0.25) is 5.91 Å². The molecular weight excluding hydrogens is 392 g/mol. The minimum absolute atomic E-state index is 0.0905. The van der Waals surface area contributed by atoms with E-state index in [0.717, 1.165) is 11.8 Å². The van der Waals surface area contributed by atoms with E-state index in [1.807, 2.05) is 6.07 Å².